The molecule has 0 fully saturated rings. The lowest BCUT2D eigenvalue weighted by molar-refractivity contribution is -0.132. The minimum atomic E-state index is -1.38. The fourth-order valence-corrected chi connectivity index (χ4v) is 4.51. The number of fused-ring (bicyclic) bond motifs is 1. The van der Waals surface area contributed by atoms with Crippen molar-refractivity contribution < 1.29 is 24.3 Å². The number of likely N-dealkylation sites (N-methyl/N-ethyl adjacent to an activating group) is 1. The van der Waals surface area contributed by atoms with Gasteiger partial charge in [0.1, 0.15) is 18.1 Å². The van der Waals surface area contributed by atoms with Crippen LogP contribution >= 0.6 is 0 Å². The predicted octanol–water partition coefficient (Wildman–Crippen LogP) is 1.03. The second-order valence-corrected chi connectivity index (χ2v) is 9.76. The lowest BCUT2D eigenvalue weighted by Gasteiger charge is -2.25. The SMILES string of the molecule is CNC(=O)[C@H](Cc1ccc2ccccc2c1)NC(=O)[C@H](CCCN=C(N)N)NC(=O)[C@@H](Cc1ccccc1)NC(=O)O. The summed E-state index contributed by atoms with van der Waals surface area (Å²) in [5.41, 5.74) is 12.4. The van der Waals surface area contributed by atoms with Gasteiger partial charge in [0, 0.05) is 26.4 Å². The van der Waals surface area contributed by atoms with Gasteiger partial charge in [-0.1, -0.05) is 72.8 Å². The van der Waals surface area contributed by atoms with E-state index in [4.69, 9.17) is 11.5 Å². The molecule has 0 aliphatic heterocycles. The van der Waals surface area contributed by atoms with Gasteiger partial charge in [-0.2, -0.15) is 0 Å². The van der Waals surface area contributed by atoms with Crippen molar-refractivity contribution in [3.05, 3.63) is 83.9 Å². The Bertz CT molecular complexity index is 1410. The zero-order valence-corrected chi connectivity index (χ0v) is 23.4. The first-order chi connectivity index (χ1) is 20.2. The number of aliphatic imine (C=N–C) groups is 1. The smallest absolute Gasteiger partial charge is 0.405 e. The van der Waals surface area contributed by atoms with Gasteiger partial charge in [0.15, 0.2) is 5.96 Å². The first kappa shape index (κ1) is 31.4. The molecule has 42 heavy (non-hydrogen) atoms. The molecule has 0 heterocycles. The quantitative estimate of drug-likeness (QED) is 0.0845. The van der Waals surface area contributed by atoms with E-state index in [1.807, 2.05) is 42.5 Å². The van der Waals surface area contributed by atoms with E-state index < -0.39 is 41.9 Å². The van der Waals surface area contributed by atoms with Crippen LogP contribution in [-0.2, 0) is 27.2 Å². The Labute approximate surface area is 243 Å². The van der Waals surface area contributed by atoms with Crippen molar-refractivity contribution in [2.75, 3.05) is 13.6 Å². The van der Waals surface area contributed by atoms with Gasteiger partial charge >= 0.3 is 6.09 Å². The minimum Gasteiger partial charge on any atom is -0.465 e. The van der Waals surface area contributed by atoms with Crippen LogP contribution in [0.25, 0.3) is 10.8 Å². The third-order valence-corrected chi connectivity index (χ3v) is 6.61. The van der Waals surface area contributed by atoms with E-state index in [1.54, 1.807) is 30.3 Å². The molecule has 222 valence electrons. The number of carbonyl (C=O) groups is 4. The highest BCUT2D eigenvalue weighted by Crippen LogP contribution is 2.17. The van der Waals surface area contributed by atoms with Gasteiger partial charge in [0.05, 0.1) is 0 Å². The van der Waals surface area contributed by atoms with E-state index >= 15 is 0 Å². The molecule has 0 unspecified atom stereocenters. The standard InChI is InChI=1S/C30H37N7O5/c1-33-26(38)24(18-20-13-14-21-10-5-6-11-22(21)16-20)36-27(39)23(12-7-15-34-29(31)32)35-28(40)25(37-30(41)42)17-19-8-3-2-4-9-19/h2-6,8-11,13-14,16,23-25,37H,7,12,15,17-18H2,1H3,(H,33,38)(H,35,40)(H,36,39)(H,41,42)(H4,31,32,34)/t23-,24-,25+/m0/s1. The largest absolute Gasteiger partial charge is 0.465 e. The number of carbonyl (C=O) groups excluding carboxylic acids is 3. The highest BCUT2D eigenvalue weighted by atomic mass is 16.4. The number of rotatable bonds is 14. The summed E-state index contributed by atoms with van der Waals surface area (Å²) in [6, 6.07) is 19.3. The summed E-state index contributed by atoms with van der Waals surface area (Å²) < 4.78 is 0. The Morgan fingerprint density at radius 3 is 2.00 bits per heavy atom. The van der Waals surface area contributed by atoms with Crippen molar-refractivity contribution in [2.24, 2.45) is 16.5 Å². The van der Waals surface area contributed by atoms with Gasteiger partial charge in [0.25, 0.3) is 0 Å². The van der Waals surface area contributed by atoms with E-state index in [-0.39, 0.29) is 31.8 Å². The van der Waals surface area contributed by atoms with Crippen LogP contribution < -0.4 is 32.7 Å². The maximum Gasteiger partial charge on any atom is 0.405 e. The average molecular weight is 576 g/mol. The van der Waals surface area contributed by atoms with Crippen LogP contribution in [0.1, 0.15) is 24.0 Å². The normalized spacial score (nSPS) is 12.8. The van der Waals surface area contributed by atoms with Crippen molar-refractivity contribution >= 4 is 40.5 Å². The second-order valence-electron chi connectivity index (χ2n) is 9.76. The Kier molecular flexibility index (Phi) is 11.7. The summed E-state index contributed by atoms with van der Waals surface area (Å²) in [4.78, 5) is 55.0. The molecule has 3 aromatic carbocycles. The van der Waals surface area contributed by atoms with Gasteiger partial charge in [-0.15, -0.1) is 0 Å². The highest BCUT2D eigenvalue weighted by Gasteiger charge is 2.29. The summed E-state index contributed by atoms with van der Waals surface area (Å²) >= 11 is 0. The molecule has 12 nitrogen and oxygen atoms in total. The van der Waals surface area contributed by atoms with Gasteiger partial charge in [-0.25, -0.2) is 4.79 Å². The molecule has 0 saturated carbocycles. The van der Waals surface area contributed by atoms with Crippen molar-refractivity contribution in [1.82, 2.24) is 21.3 Å². The van der Waals surface area contributed by atoms with Crippen LogP contribution in [0.5, 0.6) is 0 Å². The molecule has 0 aliphatic rings. The molecular formula is C30H37N7O5. The van der Waals surface area contributed by atoms with Gasteiger partial charge in [0.2, 0.25) is 17.7 Å². The van der Waals surface area contributed by atoms with E-state index in [1.165, 1.54) is 7.05 Å². The Morgan fingerprint density at radius 2 is 1.33 bits per heavy atom. The second kappa shape index (κ2) is 15.6. The number of nitrogens with zero attached hydrogens (tertiary/aromatic N) is 1. The van der Waals surface area contributed by atoms with Crippen molar-refractivity contribution in [3.63, 3.8) is 0 Å². The number of nitrogens with two attached hydrogens (primary N) is 2. The maximum atomic E-state index is 13.5. The molecule has 9 N–H and O–H groups in total. The number of nitrogens with one attached hydrogen (secondary N) is 4. The Balaban J connectivity index is 1.79. The van der Waals surface area contributed by atoms with Crippen LogP contribution in [0.3, 0.4) is 0 Å². The number of carboxylic acid groups (broad SMARTS) is 1. The first-order valence-corrected chi connectivity index (χ1v) is 13.5. The molecule has 4 amide bonds. The molecule has 0 bridgehead atoms. The molecule has 0 spiro atoms. The summed E-state index contributed by atoms with van der Waals surface area (Å²) in [6.45, 7) is 0.207. The van der Waals surface area contributed by atoms with Crippen LogP contribution in [0.4, 0.5) is 4.79 Å². The highest BCUT2D eigenvalue weighted by molar-refractivity contribution is 5.94. The first-order valence-electron chi connectivity index (χ1n) is 13.5. The number of hydrogen-bond acceptors (Lipinski definition) is 5. The number of guanidine groups is 1. The van der Waals surface area contributed by atoms with E-state index in [9.17, 15) is 24.3 Å². The molecular weight excluding hydrogens is 538 g/mol. The van der Waals surface area contributed by atoms with E-state index in [2.05, 4.69) is 26.3 Å². The van der Waals surface area contributed by atoms with E-state index in [0.717, 1.165) is 21.9 Å². The number of benzene rings is 3. The zero-order chi connectivity index (χ0) is 30.5. The van der Waals surface area contributed by atoms with Crippen molar-refractivity contribution in [2.45, 2.75) is 43.8 Å². The summed E-state index contributed by atoms with van der Waals surface area (Å²) in [5, 5.41) is 21.6. The molecule has 3 aromatic rings. The van der Waals surface area contributed by atoms with E-state index in [0.29, 0.717) is 6.42 Å². The molecule has 0 aromatic heterocycles. The fraction of sp³-hybridized carbons (Fsp3) is 0.300. The van der Waals surface area contributed by atoms with Crippen LogP contribution in [0.2, 0.25) is 0 Å². The molecule has 0 radical (unpaired) electrons. The molecule has 12 heteroatoms. The van der Waals surface area contributed by atoms with Crippen LogP contribution in [0.15, 0.2) is 77.8 Å². The third-order valence-electron chi connectivity index (χ3n) is 6.61. The Hall–Kier alpha value is -5.13. The minimum absolute atomic E-state index is 0.0736. The van der Waals surface area contributed by atoms with Crippen LogP contribution in [-0.4, -0.2) is 66.6 Å². The predicted molar refractivity (Wildman–Crippen MR) is 161 cm³/mol. The topological polar surface area (TPSA) is 201 Å². The third kappa shape index (κ3) is 9.81. The monoisotopic (exact) mass is 575 g/mol. The van der Waals surface area contributed by atoms with Gasteiger partial charge < -0.3 is 37.8 Å². The summed E-state index contributed by atoms with van der Waals surface area (Å²) in [6.07, 6.45) is -0.626. The molecule has 3 rings (SSSR count). The summed E-state index contributed by atoms with van der Waals surface area (Å²) in [5.74, 6) is -1.80. The van der Waals surface area contributed by atoms with Gasteiger partial charge in [-0.3, -0.25) is 19.4 Å². The van der Waals surface area contributed by atoms with Crippen molar-refractivity contribution in [3.8, 4) is 0 Å². The lowest BCUT2D eigenvalue weighted by atomic mass is 10.0. The Morgan fingerprint density at radius 1 is 0.738 bits per heavy atom. The fourth-order valence-electron chi connectivity index (χ4n) is 4.51. The molecule has 0 saturated heterocycles. The average Bonchev–Trinajstić information content (AvgIpc) is 2.97. The van der Waals surface area contributed by atoms with Crippen LogP contribution in [0, 0.1) is 0 Å². The molecule has 0 aliphatic carbocycles. The van der Waals surface area contributed by atoms with Gasteiger partial charge in [-0.05, 0) is 34.7 Å². The number of amides is 4. The number of hydrogen-bond donors (Lipinski definition) is 7. The lowest BCUT2D eigenvalue weighted by Crippen LogP contribution is -2.57. The van der Waals surface area contributed by atoms with Crippen molar-refractivity contribution in [1.29, 1.82) is 0 Å². The summed E-state index contributed by atoms with van der Waals surface area (Å²) in [7, 11) is 1.47. The molecule has 3 atom stereocenters. The zero-order valence-electron chi connectivity index (χ0n) is 23.4. The maximum absolute atomic E-state index is 13.5.